The molecule has 0 aliphatic carbocycles. The molecule has 1 unspecified atom stereocenters. The highest BCUT2D eigenvalue weighted by Crippen LogP contribution is 2.28. The molecule has 108 valence electrons. The lowest BCUT2D eigenvalue weighted by Crippen LogP contribution is -2.45. The molecule has 0 bridgehead atoms. The molecule has 0 radical (unpaired) electrons. The molecule has 3 heterocycles. The van der Waals surface area contributed by atoms with Crippen molar-refractivity contribution in [3.05, 3.63) is 57.3 Å². The number of hydrogen-bond donors (Lipinski definition) is 1. The van der Waals surface area contributed by atoms with E-state index in [2.05, 4.69) is 35.0 Å². The van der Waals surface area contributed by atoms with Crippen molar-refractivity contribution in [3.63, 3.8) is 0 Å². The molecule has 0 saturated carbocycles. The van der Waals surface area contributed by atoms with E-state index in [0.717, 1.165) is 38.0 Å². The average Bonchev–Trinajstić information content (AvgIpc) is 3.01. The number of fused-ring (bicyclic) bond motifs is 2. The zero-order valence-electron chi connectivity index (χ0n) is 11.8. The van der Waals surface area contributed by atoms with Gasteiger partial charge in [0.25, 0.3) is 0 Å². The summed E-state index contributed by atoms with van der Waals surface area (Å²) >= 11 is 1.81. The van der Waals surface area contributed by atoms with E-state index in [1.54, 1.807) is 0 Å². The van der Waals surface area contributed by atoms with Crippen LogP contribution in [0.3, 0.4) is 0 Å². The van der Waals surface area contributed by atoms with Crippen LogP contribution in [0.4, 0.5) is 0 Å². The van der Waals surface area contributed by atoms with Crippen molar-refractivity contribution < 1.29 is 4.79 Å². The summed E-state index contributed by atoms with van der Waals surface area (Å²) in [4.78, 5) is 16.4. The van der Waals surface area contributed by atoms with Crippen molar-refractivity contribution >= 4 is 17.2 Å². The van der Waals surface area contributed by atoms with Crippen LogP contribution in [0.5, 0.6) is 0 Å². The van der Waals surface area contributed by atoms with E-state index >= 15 is 0 Å². The molecule has 1 aromatic carbocycles. The fourth-order valence-electron chi connectivity index (χ4n) is 3.34. The molecule has 4 heteroatoms. The Hall–Kier alpha value is -1.65. The lowest BCUT2D eigenvalue weighted by Gasteiger charge is -2.33. The lowest BCUT2D eigenvalue weighted by molar-refractivity contribution is -0.134. The summed E-state index contributed by atoms with van der Waals surface area (Å²) in [7, 11) is 0. The molecule has 1 atom stereocenters. The third kappa shape index (κ3) is 2.28. The highest BCUT2D eigenvalue weighted by atomic mass is 32.1. The minimum atomic E-state index is -0.171. The zero-order chi connectivity index (χ0) is 14.2. The van der Waals surface area contributed by atoms with Gasteiger partial charge in [0.1, 0.15) is 6.04 Å². The van der Waals surface area contributed by atoms with Crippen LogP contribution in [0.2, 0.25) is 0 Å². The second kappa shape index (κ2) is 5.28. The topological polar surface area (TPSA) is 32.3 Å². The van der Waals surface area contributed by atoms with Crippen LogP contribution in [0.15, 0.2) is 35.7 Å². The van der Waals surface area contributed by atoms with Crippen LogP contribution in [0.1, 0.15) is 27.6 Å². The number of nitrogens with one attached hydrogen (secondary N) is 1. The van der Waals surface area contributed by atoms with Gasteiger partial charge in [0, 0.05) is 24.5 Å². The van der Waals surface area contributed by atoms with Gasteiger partial charge in [-0.15, -0.1) is 11.3 Å². The Kier molecular flexibility index (Phi) is 3.28. The van der Waals surface area contributed by atoms with Gasteiger partial charge in [-0.25, -0.2) is 0 Å². The average molecular weight is 298 g/mol. The predicted octanol–water partition coefficient (Wildman–Crippen LogP) is 2.52. The van der Waals surface area contributed by atoms with Gasteiger partial charge in [-0.1, -0.05) is 24.3 Å². The van der Waals surface area contributed by atoms with Crippen molar-refractivity contribution in [1.82, 2.24) is 10.2 Å². The first-order valence-electron chi connectivity index (χ1n) is 7.48. The van der Waals surface area contributed by atoms with Crippen molar-refractivity contribution in [2.24, 2.45) is 0 Å². The van der Waals surface area contributed by atoms with Crippen LogP contribution in [-0.4, -0.2) is 23.9 Å². The van der Waals surface area contributed by atoms with E-state index in [-0.39, 0.29) is 11.9 Å². The number of amides is 1. The molecule has 0 saturated heterocycles. The Morgan fingerprint density at radius 1 is 1.19 bits per heavy atom. The highest BCUT2D eigenvalue weighted by molar-refractivity contribution is 7.10. The summed E-state index contributed by atoms with van der Waals surface area (Å²) in [6.45, 7) is 2.48. The number of hydrogen-bond acceptors (Lipinski definition) is 3. The minimum Gasteiger partial charge on any atom is -0.336 e. The summed E-state index contributed by atoms with van der Waals surface area (Å²) in [6.07, 6.45) is 2.00. The number of thiophene rings is 1. The maximum atomic E-state index is 12.9. The van der Waals surface area contributed by atoms with Gasteiger partial charge in [0.15, 0.2) is 0 Å². The molecule has 4 rings (SSSR count). The highest BCUT2D eigenvalue weighted by Gasteiger charge is 2.31. The molecule has 0 spiro atoms. The number of nitrogens with zero attached hydrogens (tertiary/aromatic N) is 1. The van der Waals surface area contributed by atoms with Gasteiger partial charge < -0.3 is 10.2 Å². The molecule has 1 N–H and O–H groups in total. The maximum absolute atomic E-state index is 12.9. The molecule has 21 heavy (non-hydrogen) atoms. The number of rotatable bonds is 1. The lowest BCUT2D eigenvalue weighted by atomic mass is 9.93. The van der Waals surface area contributed by atoms with Crippen LogP contribution in [0.25, 0.3) is 0 Å². The molecule has 1 aromatic heterocycles. The fraction of sp³-hybridized carbons (Fsp3) is 0.353. The summed E-state index contributed by atoms with van der Waals surface area (Å²) in [5.74, 6) is 0.221. The molecular formula is C17H18N2OS. The summed E-state index contributed by atoms with van der Waals surface area (Å²) in [6, 6.07) is 10.3. The number of carbonyl (C=O) groups is 1. The van der Waals surface area contributed by atoms with Gasteiger partial charge in [0.05, 0.1) is 0 Å². The first-order valence-corrected chi connectivity index (χ1v) is 8.36. The van der Waals surface area contributed by atoms with E-state index < -0.39 is 0 Å². The van der Waals surface area contributed by atoms with Crippen molar-refractivity contribution in [3.8, 4) is 0 Å². The van der Waals surface area contributed by atoms with Crippen LogP contribution < -0.4 is 5.32 Å². The van der Waals surface area contributed by atoms with Gasteiger partial charge in [-0.05, 0) is 41.0 Å². The minimum absolute atomic E-state index is 0.171. The fourth-order valence-corrected chi connectivity index (χ4v) is 4.23. The quantitative estimate of drug-likeness (QED) is 0.877. The molecule has 3 nitrogen and oxygen atoms in total. The van der Waals surface area contributed by atoms with Gasteiger partial charge in [-0.2, -0.15) is 0 Å². The van der Waals surface area contributed by atoms with Crippen molar-refractivity contribution in [2.75, 3.05) is 13.1 Å². The monoisotopic (exact) mass is 298 g/mol. The molecular weight excluding hydrogens is 280 g/mol. The van der Waals surface area contributed by atoms with Crippen LogP contribution in [-0.2, 0) is 24.2 Å². The zero-order valence-corrected chi connectivity index (χ0v) is 12.7. The summed E-state index contributed by atoms with van der Waals surface area (Å²) < 4.78 is 0. The third-order valence-electron chi connectivity index (χ3n) is 4.48. The molecule has 2 aromatic rings. The molecule has 1 amide bonds. The van der Waals surface area contributed by atoms with Gasteiger partial charge in [0.2, 0.25) is 5.91 Å². The normalized spacial score (nSPS) is 20.8. The summed E-state index contributed by atoms with van der Waals surface area (Å²) in [5.41, 5.74) is 3.79. The Morgan fingerprint density at radius 2 is 2.10 bits per heavy atom. The first-order chi connectivity index (χ1) is 10.3. The van der Waals surface area contributed by atoms with E-state index in [1.165, 1.54) is 16.0 Å². The number of carbonyl (C=O) groups excluding carboxylic acids is 1. The standard InChI is InChI=1S/C17H18N2OS/c20-17(19-9-6-15-13(11-19)7-10-21-15)16-14-4-2-1-3-12(14)5-8-18-16/h1-4,7,10,16,18H,5-6,8-9,11H2. The SMILES string of the molecule is O=C(C1NCCc2ccccc21)N1CCc2sccc2C1. The Balaban J connectivity index is 1.59. The largest absolute Gasteiger partial charge is 0.336 e. The smallest absolute Gasteiger partial charge is 0.244 e. The van der Waals surface area contributed by atoms with Gasteiger partial charge in [-0.3, -0.25) is 4.79 Å². The van der Waals surface area contributed by atoms with Crippen molar-refractivity contribution in [2.45, 2.75) is 25.4 Å². The molecule has 2 aliphatic heterocycles. The second-order valence-electron chi connectivity index (χ2n) is 5.71. The van der Waals surface area contributed by atoms with E-state index in [1.807, 2.05) is 22.3 Å². The van der Waals surface area contributed by atoms with Crippen LogP contribution >= 0.6 is 11.3 Å². The third-order valence-corrected chi connectivity index (χ3v) is 5.50. The molecule has 2 aliphatic rings. The predicted molar refractivity (Wildman–Crippen MR) is 84.3 cm³/mol. The van der Waals surface area contributed by atoms with E-state index in [9.17, 15) is 4.79 Å². The van der Waals surface area contributed by atoms with E-state index in [4.69, 9.17) is 0 Å². The Bertz CT molecular complexity index is 679. The summed E-state index contributed by atoms with van der Waals surface area (Å²) in [5, 5.41) is 5.53. The second-order valence-corrected chi connectivity index (χ2v) is 6.72. The maximum Gasteiger partial charge on any atom is 0.244 e. The van der Waals surface area contributed by atoms with Crippen LogP contribution in [0, 0.1) is 0 Å². The van der Waals surface area contributed by atoms with Gasteiger partial charge >= 0.3 is 0 Å². The van der Waals surface area contributed by atoms with E-state index in [0.29, 0.717) is 0 Å². The first kappa shape index (κ1) is 13.0. The van der Waals surface area contributed by atoms with Crippen molar-refractivity contribution in [1.29, 1.82) is 0 Å². The Labute approximate surface area is 128 Å². The molecule has 0 fully saturated rings. The Morgan fingerprint density at radius 3 is 3.05 bits per heavy atom. The number of benzene rings is 1.